The number of aliphatic hydroxyl groups is 2. The van der Waals surface area contributed by atoms with Crippen molar-refractivity contribution in [2.45, 2.75) is 25.7 Å². The van der Waals surface area contributed by atoms with Crippen LogP contribution in [0.5, 0.6) is 5.75 Å². The van der Waals surface area contributed by atoms with Crippen LogP contribution in [0.15, 0.2) is 59.3 Å². The second-order valence-corrected chi connectivity index (χ2v) is 8.17. The Hall–Kier alpha value is -3.95. The van der Waals surface area contributed by atoms with Crippen LogP contribution in [0.1, 0.15) is 36.8 Å². The normalized spacial score (nSPS) is 19.4. The molecule has 3 aromatic rings. The summed E-state index contributed by atoms with van der Waals surface area (Å²) in [7, 11) is 1.58. The van der Waals surface area contributed by atoms with Crippen LogP contribution >= 0.6 is 0 Å². The molecule has 2 aliphatic rings. The molecule has 1 unspecified atom stereocenters. The average molecular weight is 461 g/mol. The van der Waals surface area contributed by atoms with E-state index in [1.165, 1.54) is 17.1 Å². The summed E-state index contributed by atoms with van der Waals surface area (Å²) >= 11 is 0. The van der Waals surface area contributed by atoms with Gasteiger partial charge in [-0.3, -0.25) is 4.79 Å². The molecule has 0 bridgehead atoms. The van der Waals surface area contributed by atoms with Crippen molar-refractivity contribution < 1.29 is 29.3 Å². The molecule has 9 heteroatoms. The number of rotatable bonds is 5. The average Bonchev–Trinajstić information content (AvgIpc) is 3.50. The smallest absolute Gasteiger partial charge is 0.329 e. The molecule has 2 N–H and O–H groups in total. The largest absolute Gasteiger partial charge is 0.497 e. The number of nitrogens with zero attached hydrogens (tertiary/aromatic N) is 3. The number of hydrazone groups is 1. The predicted molar refractivity (Wildman–Crippen MR) is 125 cm³/mol. The number of aromatic nitrogens is 1. The number of carbonyl (C=O) groups excluding carboxylic acids is 2. The molecule has 2 aliphatic heterocycles. The van der Waals surface area contributed by atoms with Gasteiger partial charge in [-0.25, -0.2) is 4.79 Å². The van der Waals surface area contributed by atoms with Gasteiger partial charge in [0.05, 0.1) is 30.7 Å². The maximum Gasteiger partial charge on any atom is 0.329 e. The van der Waals surface area contributed by atoms with Gasteiger partial charge in [0.15, 0.2) is 6.29 Å². The van der Waals surface area contributed by atoms with E-state index in [0.29, 0.717) is 41.3 Å². The first-order chi connectivity index (χ1) is 16.4. The fourth-order valence-electron chi connectivity index (χ4n) is 4.30. The monoisotopic (exact) mass is 461 g/mol. The van der Waals surface area contributed by atoms with E-state index >= 15 is 0 Å². The first kappa shape index (κ1) is 21.9. The second kappa shape index (κ2) is 8.44. The summed E-state index contributed by atoms with van der Waals surface area (Å²) in [5.74, 6) is 0.0814. The maximum atomic E-state index is 13.3. The SMILES string of the molecule is COc1ccc2c(c1)c(C=C1C(=O)N(c3ccc(C(O)O)cc3)N=C1C)cn2C1CCOC1=O. The molecular weight excluding hydrogens is 438 g/mol. The highest BCUT2D eigenvalue weighted by Gasteiger charge is 2.32. The molecule has 1 atom stereocenters. The molecule has 3 heterocycles. The molecule has 1 fully saturated rings. The predicted octanol–water partition coefficient (Wildman–Crippen LogP) is 2.93. The lowest BCUT2D eigenvalue weighted by molar-refractivity contribution is -0.140. The standard InChI is InChI=1S/C25H23N3O6/c1-14-19(23(29)28(26-14)17-5-3-15(4-6-17)24(30)31)11-16-13-27(22-9-10-34-25(22)32)21-8-7-18(33-2)12-20(16)21/h3-8,11-13,22,24,30-31H,9-10H2,1-2H3. The van der Waals surface area contributed by atoms with Gasteiger partial charge in [0, 0.05) is 34.6 Å². The van der Waals surface area contributed by atoms with Crippen LogP contribution in [0.4, 0.5) is 5.69 Å². The Morgan fingerprint density at radius 1 is 1.18 bits per heavy atom. The molecule has 0 saturated carbocycles. The number of hydrogen-bond acceptors (Lipinski definition) is 7. The van der Waals surface area contributed by atoms with E-state index in [-0.39, 0.29) is 11.9 Å². The zero-order chi connectivity index (χ0) is 24.0. The van der Waals surface area contributed by atoms with Crippen molar-refractivity contribution in [3.63, 3.8) is 0 Å². The Morgan fingerprint density at radius 2 is 1.94 bits per heavy atom. The first-order valence-electron chi connectivity index (χ1n) is 10.8. The van der Waals surface area contributed by atoms with Gasteiger partial charge in [0.1, 0.15) is 11.8 Å². The van der Waals surface area contributed by atoms with Crippen LogP contribution < -0.4 is 9.75 Å². The summed E-state index contributed by atoms with van der Waals surface area (Å²) in [4.78, 5) is 25.5. The lowest BCUT2D eigenvalue weighted by Crippen LogP contribution is -2.21. The minimum Gasteiger partial charge on any atom is -0.497 e. The molecule has 1 saturated heterocycles. The van der Waals surface area contributed by atoms with Crippen molar-refractivity contribution in [2.24, 2.45) is 5.10 Å². The highest BCUT2D eigenvalue weighted by molar-refractivity contribution is 6.32. The number of fused-ring (bicyclic) bond motifs is 1. The van der Waals surface area contributed by atoms with Crippen LogP contribution in [0.3, 0.4) is 0 Å². The molecule has 9 nitrogen and oxygen atoms in total. The fourth-order valence-corrected chi connectivity index (χ4v) is 4.30. The molecule has 1 aromatic heterocycles. The summed E-state index contributed by atoms with van der Waals surface area (Å²) in [6.07, 6.45) is 2.62. The van der Waals surface area contributed by atoms with E-state index in [4.69, 9.17) is 9.47 Å². The van der Waals surface area contributed by atoms with E-state index < -0.39 is 12.3 Å². The van der Waals surface area contributed by atoms with Crippen molar-refractivity contribution in [3.05, 3.63) is 65.4 Å². The van der Waals surface area contributed by atoms with Crippen LogP contribution in [-0.4, -0.2) is 46.1 Å². The number of carbonyl (C=O) groups is 2. The molecule has 174 valence electrons. The number of amides is 1. The number of methoxy groups -OCH3 is 1. The Bertz CT molecular complexity index is 1350. The third-order valence-electron chi connectivity index (χ3n) is 6.11. The third-order valence-corrected chi connectivity index (χ3v) is 6.11. The lowest BCUT2D eigenvalue weighted by Gasteiger charge is -2.12. The maximum absolute atomic E-state index is 13.3. The van der Waals surface area contributed by atoms with E-state index in [0.717, 1.165) is 16.5 Å². The Morgan fingerprint density at radius 3 is 2.59 bits per heavy atom. The number of cyclic esters (lactones) is 1. The van der Waals surface area contributed by atoms with Gasteiger partial charge in [0.25, 0.3) is 5.91 Å². The Labute approximate surface area is 195 Å². The second-order valence-electron chi connectivity index (χ2n) is 8.17. The quantitative estimate of drug-likeness (QED) is 0.343. The van der Waals surface area contributed by atoms with Gasteiger partial charge >= 0.3 is 5.97 Å². The van der Waals surface area contributed by atoms with Gasteiger partial charge < -0.3 is 24.3 Å². The fraction of sp³-hybridized carbons (Fsp3) is 0.240. The number of aliphatic hydroxyl groups excluding tert-OH is 1. The van der Waals surface area contributed by atoms with Gasteiger partial charge in [-0.05, 0) is 43.3 Å². The lowest BCUT2D eigenvalue weighted by atomic mass is 10.1. The van der Waals surface area contributed by atoms with Crippen LogP contribution in [-0.2, 0) is 14.3 Å². The van der Waals surface area contributed by atoms with Gasteiger partial charge in [-0.1, -0.05) is 12.1 Å². The molecule has 1 amide bonds. The Balaban J connectivity index is 1.55. The number of benzene rings is 2. The zero-order valence-electron chi connectivity index (χ0n) is 18.6. The minimum atomic E-state index is -1.59. The molecule has 34 heavy (non-hydrogen) atoms. The highest BCUT2D eigenvalue weighted by atomic mass is 16.5. The van der Waals surface area contributed by atoms with Crippen LogP contribution in [0, 0.1) is 0 Å². The van der Waals surface area contributed by atoms with Crippen LogP contribution in [0.25, 0.3) is 17.0 Å². The van der Waals surface area contributed by atoms with Gasteiger partial charge in [0.2, 0.25) is 0 Å². The molecule has 0 spiro atoms. The highest BCUT2D eigenvalue weighted by Crippen LogP contribution is 2.34. The van der Waals surface area contributed by atoms with Gasteiger partial charge in [-0.2, -0.15) is 10.1 Å². The van der Waals surface area contributed by atoms with E-state index in [2.05, 4.69) is 5.10 Å². The van der Waals surface area contributed by atoms with Gasteiger partial charge in [-0.15, -0.1) is 0 Å². The minimum absolute atomic E-state index is 0.274. The molecule has 2 aromatic carbocycles. The number of anilines is 1. The summed E-state index contributed by atoms with van der Waals surface area (Å²) in [6.45, 7) is 2.13. The van der Waals surface area contributed by atoms with E-state index in [1.807, 2.05) is 29.0 Å². The van der Waals surface area contributed by atoms with E-state index in [9.17, 15) is 19.8 Å². The van der Waals surface area contributed by atoms with Crippen molar-refractivity contribution in [1.29, 1.82) is 0 Å². The summed E-state index contributed by atoms with van der Waals surface area (Å²) in [5, 5.41) is 25.1. The van der Waals surface area contributed by atoms with Crippen molar-refractivity contribution in [2.75, 3.05) is 18.7 Å². The molecular formula is C25H23N3O6. The number of esters is 1. The Kier molecular flexibility index (Phi) is 5.43. The third kappa shape index (κ3) is 3.64. The van der Waals surface area contributed by atoms with Crippen molar-refractivity contribution in [1.82, 2.24) is 4.57 Å². The molecule has 5 rings (SSSR count). The first-order valence-corrected chi connectivity index (χ1v) is 10.8. The summed E-state index contributed by atoms with van der Waals surface area (Å²) < 4.78 is 12.4. The number of ether oxygens (including phenoxy) is 2. The summed E-state index contributed by atoms with van der Waals surface area (Å²) in [5.41, 5.74) is 3.38. The van der Waals surface area contributed by atoms with Crippen LogP contribution in [0.2, 0.25) is 0 Å². The van der Waals surface area contributed by atoms with Crippen molar-refractivity contribution in [3.8, 4) is 5.75 Å². The molecule has 0 aliphatic carbocycles. The summed E-state index contributed by atoms with van der Waals surface area (Å²) in [6, 6.07) is 11.4. The zero-order valence-corrected chi connectivity index (χ0v) is 18.6. The number of hydrogen-bond donors (Lipinski definition) is 2. The molecule has 0 radical (unpaired) electrons. The van der Waals surface area contributed by atoms with Crippen molar-refractivity contribution >= 4 is 40.3 Å². The van der Waals surface area contributed by atoms with E-state index in [1.54, 1.807) is 32.2 Å². The topological polar surface area (TPSA) is 114 Å².